The summed E-state index contributed by atoms with van der Waals surface area (Å²) in [4.78, 5) is 32.3. The Kier molecular flexibility index (Phi) is 25.5. The number of hydrogen-bond donors (Lipinski definition) is 5. The van der Waals surface area contributed by atoms with Crippen molar-refractivity contribution in [1.29, 1.82) is 0 Å². The molecule has 0 aliphatic rings. The normalized spacial score (nSPS) is 11.2. The van der Waals surface area contributed by atoms with Gasteiger partial charge in [-0.3, -0.25) is 10.1 Å². The van der Waals surface area contributed by atoms with E-state index in [1.807, 2.05) is 80.6 Å². The first-order valence-corrected chi connectivity index (χ1v) is 18.5. The number of halogens is 1. The number of unbranched alkanes of at least 4 members (excludes halogenated alkanes) is 3. The molecule has 8 N–H and O–H groups in total. The molecule has 0 aliphatic carbocycles. The smallest absolute Gasteiger partial charge is 0.202 e. The van der Waals surface area contributed by atoms with Crippen LogP contribution in [-0.4, -0.2) is 41.4 Å². The number of benzene rings is 4. The van der Waals surface area contributed by atoms with Gasteiger partial charge in [-0.25, -0.2) is 4.39 Å². The van der Waals surface area contributed by atoms with Crippen LogP contribution in [0.1, 0.15) is 67.6 Å². The summed E-state index contributed by atoms with van der Waals surface area (Å²) in [6, 6.07) is 29.0. The molecule has 52 heavy (non-hydrogen) atoms. The molecule has 0 bridgehead atoms. The summed E-state index contributed by atoms with van der Waals surface area (Å²) in [5.41, 5.74) is 24.4. The Balaban J connectivity index is 0.00000107. The van der Waals surface area contributed by atoms with Crippen molar-refractivity contribution in [3.05, 3.63) is 143 Å². The van der Waals surface area contributed by atoms with Crippen LogP contribution < -0.4 is 21.1 Å². The summed E-state index contributed by atoms with van der Waals surface area (Å²) in [6.07, 6.45) is 4.29. The van der Waals surface area contributed by atoms with Gasteiger partial charge in [0.05, 0.1) is 0 Å². The molecule has 9 nitrogen and oxygen atoms in total. The summed E-state index contributed by atoms with van der Waals surface area (Å²) in [5, 5.41) is 6.07. The monoisotopic (exact) mass is 804 g/mol. The molecule has 277 valence electrons. The van der Waals surface area contributed by atoms with Gasteiger partial charge in [0.25, 0.3) is 0 Å². The fraction of sp³-hybridized carbons (Fsp3) is 0.325. The van der Waals surface area contributed by atoms with Crippen LogP contribution in [0.3, 0.4) is 0 Å². The first kappa shape index (κ1) is 46.8. The van der Waals surface area contributed by atoms with Gasteiger partial charge < -0.3 is 37.0 Å². The predicted octanol–water partition coefficient (Wildman–Crippen LogP) is 8.33. The molecule has 0 saturated heterocycles. The number of ether oxygens (including phenoxy) is 1. The van der Waals surface area contributed by atoms with E-state index in [0.717, 1.165) is 47.9 Å². The van der Waals surface area contributed by atoms with Crippen LogP contribution in [0.5, 0.6) is 5.75 Å². The van der Waals surface area contributed by atoms with Crippen molar-refractivity contribution in [3.63, 3.8) is 0 Å². The van der Waals surface area contributed by atoms with Crippen LogP contribution in [-0.2, 0) is 50.5 Å². The van der Waals surface area contributed by atoms with Gasteiger partial charge in [-0.1, -0.05) is 111 Å². The van der Waals surface area contributed by atoms with Crippen LogP contribution in [0.25, 0.3) is 11.5 Å². The van der Waals surface area contributed by atoms with Gasteiger partial charge in [-0.05, 0) is 78.9 Å². The Hall–Kier alpha value is -3.23. The molecule has 0 saturated carbocycles. The van der Waals surface area contributed by atoms with Crippen molar-refractivity contribution in [2.45, 2.75) is 64.3 Å². The maximum Gasteiger partial charge on any atom is 0.202 e. The second kappa shape index (κ2) is 28.3. The van der Waals surface area contributed by atoms with Gasteiger partial charge >= 0.3 is 0 Å². The van der Waals surface area contributed by atoms with E-state index in [2.05, 4.69) is 22.5 Å². The summed E-state index contributed by atoms with van der Waals surface area (Å²) >= 11 is 0. The number of carbonyl (C=O) groups excluding carboxylic acids is 1. The molecule has 1 radical (unpaired) electrons. The van der Waals surface area contributed by atoms with E-state index < -0.39 is 20.2 Å². The number of rotatable bonds is 16. The molecular formula is C40H51FN5O4PY-2. The number of nitrogens with one attached hydrogen (secondary N) is 4. The van der Waals surface area contributed by atoms with E-state index in [4.69, 9.17) is 21.9 Å². The summed E-state index contributed by atoms with van der Waals surface area (Å²) < 4.78 is 17.8. The second-order valence-electron chi connectivity index (χ2n) is 11.2. The van der Waals surface area contributed by atoms with Gasteiger partial charge in [-0.2, -0.15) is 0 Å². The maximum absolute atomic E-state index is 12.3. The van der Waals surface area contributed by atoms with Crippen LogP contribution in [0.15, 0.2) is 103 Å². The van der Waals surface area contributed by atoms with E-state index >= 15 is 0 Å². The maximum atomic E-state index is 12.3. The average Bonchev–Trinajstić information content (AvgIpc) is 3.14. The van der Waals surface area contributed by atoms with Crippen molar-refractivity contribution in [3.8, 4) is 17.6 Å². The summed E-state index contributed by atoms with van der Waals surface area (Å²) in [5.74, 6) is 5.49. The first-order valence-electron chi connectivity index (χ1n) is 17.2. The third-order valence-electron chi connectivity index (χ3n) is 7.25. The largest absolute Gasteiger partial charge is 0.699 e. The zero-order valence-electron chi connectivity index (χ0n) is 30.0. The molecular weight excluding hydrogens is 753 g/mol. The third-order valence-corrected chi connectivity index (χ3v) is 8.19. The molecule has 4 aromatic rings. The fourth-order valence-electron chi connectivity index (χ4n) is 4.69. The van der Waals surface area contributed by atoms with Crippen LogP contribution in [0.2, 0.25) is 0 Å². The van der Waals surface area contributed by atoms with E-state index in [0.29, 0.717) is 37.5 Å². The van der Waals surface area contributed by atoms with Crippen molar-refractivity contribution in [2.24, 2.45) is 5.73 Å². The van der Waals surface area contributed by atoms with Gasteiger partial charge in [0.1, 0.15) is 24.0 Å². The molecule has 12 heteroatoms. The van der Waals surface area contributed by atoms with Crippen LogP contribution >= 0.6 is 8.38 Å². The molecule has 1 amide bonds. The standard InChI is InChI=1S/C32H40N4O4P.C6H5FN.C2H6.Y/c33-18-6-1-2-7-19-35-31(37)30(34)22-27-14-8-13-25(21-27)15-10-20-40-29-17-9-16-28(23-29)32(41(38)39)36-24-26-11-4-3-5-12-26;7-5-1-3-6(8)4-2-5;1-2;/h3-5,8-9,11-14,16-17,21,23,30,32,34,36,38-39H,1-2,6-7,18-20,22,24,33H2,(H,35,37);1-4,8H;1-2H3;/q2*-1;;. The van der Waals surface area contributed by atoms with Crippen molar-refractivity contribution < 1.29 is 56.4 Å². The molecule has 2 atom stereocenters. The minimum atomic E-state index is -2.25. The number of amides is 1. The minimum absolute atomic E-state index is 0. The van der Waals surface area contributed by atoms with Gasteiger partial charge in [0, 0.05) is 51.4 Å². The summed E-state index contributed by atoms with van der Waals surface area (Å²) in [6.45, 7) is 5.93. The molecule has 0 fully saturated rings. The molecule has 0 aliphatic heterocycles. The molecule has 4 aromatic carbocycles. The Labute approximate surface area is 335 Å². The van der Waals surface area contributed by atoms with E-state index in [9.17, 15) is 19.0 Å². The Bertz CT molecular complexity index is 1590. The Morgan fingerprint density at radius 1 is 0.904 bits per heavy atom. The number of hydrogen-bond acceptors (Lipinski definition) is 6. The van der Waals surface area contributed by atoms with Crippen molar-refractivity contribution in [1.82, 2.24) is 10.6 Å². The molecule has 0 aromatic heterocycles. The average molecular weight is 805 g/mol. The van der Waals surface area contributed by atoms with E-state index in [-0.39, 0.29) is 51.0 Å². The first-order chi connectivity index (χ1) is 24.7. The minimum Gasteiger partial charge on any atom is -0.699 e. The number of nitrogens with two attached hydrogens (primary N) is 1. The Morgan fingerprint density at radius 3 is 2.25 bits per heavy atom. The van der Waals surface area contributed by atoms with Crippen molar-refractivity contribution >= 4 is 20.0 Å². The Morgan fingerprint density at radius 2 is 1.58 bits per heavy atom. The third kappa shape index (κ3) is 19.6. The van der Waals surface area contributed by atoms with Crippen molar-refractivity contribution in [2.75, 3.05) is 19.7 Å². The van der Waals surface area contributed by atoms with E-state index in [1.54, 1.807) is 12.1 Å². The molecule has 2 unspecified atom stereocenters. The quantitative estimate of drug-likeness (QED) is 0.0434. The molecule has 0 spiro atoms. The summed E-state index contributed by atoms with van der Waals surface area (Å²) in [7, 11) is -2.25. The number of carbonyl (C=O) groups is 1. The zero-order valence-corrected chi connectivity index (χ0v) is 33.8. The topological polar surface area (TPSA) is 164 Å². The van der Waals surface area contributed by atoms with E-state index in [1.165, 1.54) is 24.3 Å². The van der Waals surface area contributed by atoms with Crippen LogP contribution in [0.4, 0.5) is 10.1 Å². The van der Waals surface area contributed by atoms with Gasteiger partial charge in [-0.15, -0.1) is 5.69 Å². The second-order valence-corrected chi connectivity index (χ2v) is 12.4. The molecule has 0 heterocycles. The zero-order chi connectivity index (χ0) is 37.3. The SMILES string of the molecule is CC.[NH-]C(Cc1cccc(C#CCOc2cccc(C(NCc3ccccc3)P(O)O)c2)c1)C(=O)NCCCCCCN.[NH-]c1ccc(F)cc1.[Y]. The molecule has 4 rings (SSSR count). The predicted molar refractivity (Wildman–Crippen MR) is 207 cm³/mol. The van der Waals surface area contributed by atoms with Crippen LogP contribution in [0, 0.1) is 17.7 Å². The fourth-order valence-corrected chi connectivity index (χ4v) is 5.37. The van der Waals surface area contributed by atoms with Gasteiger partial charge in [0.2, 0.25) is 5.91 Å². The van der Waals surface area contributed by atoms with Gasteiger partial charge in [0.15, 0.2) is 8.38 Å².